The highest BCUT2D eigenvalue weighted by Crippen LogP contribution is 2.37. The Bertz CT molecular complexity index is 1400. The highest BCUT2D eigenvalue weighted by Gasteiger charge is 2.26. The molecule has 208 valence electrons. The van der Waals surface area contributed by atoms with Gasteiger partial charge in [0.2, 0.25) is 0 Å². The average molecular weight is 547 g/mol. The van der Waals surface area contributed by atoms with E-state index >= 15 is 0 Å². The summed E-state index contributed by atoms with van der Waals surface area (Å²) in [6.45, 7) is 11.1. The molecule has 4 heterocycles. The number of nitrogens with zero attached hydrogens (tertiary/aromatic N) is 6. The predicted octanol–water partition coefficient (Wildman–Crippen LogP) is 6.14. The molecular weight excluding hydrogens is 504 g/mol. The van der Waals surface area contributed by atoms with Gasteiger partial charge in [0.1, 0.15) is 17.7 Å². The molecule has 39 heavy (non-hydrogen) atoms. The Hall–Kier alpha value is -3.30. The SMILES string of the molecule is CC.CC/C(=C\c1nn(Cc2ccccc2)c(N)c1CC)c1cc(C2CCN(SC)CC2)n2ncnc(N)c12. The van der Waals surface area contributed by atoms with Crippen LogP contribution in [0.2, 0.25) is 0 Å². The summed E-state index contributed by atoms with van der Waals surface area (Å²) in [7, 11) is 0. The Morgan fingerprint density at radius 1 is 1.10 bits per heavy atom. The van der Waals surface area contributed by atoms with E-state index in [0.717, 1.165) is 72.5 Å². The van der Waals surface area contributed by atoms with Crippen molar-refractivity contribution < 1.29 is 0 Å². The number of fused-ring (bicyclic) bond motifs is 1. The van der Waals surface area contributed by atoms with E-state index in [0.29, 0.717) is 18.3 Å². The molecule has 9 heteroatoms. The molecule has 0 radical (unpaired) electrons. The monoisotopic (exact) mass is 546 g/mol. The van der Waals surface area contributed by atoms with Crippen LogP contribution in [0.3, 0.4) is 0 Å². The van der Waals surface area contributed by atoms with E-state index in [2.05, 4.69) is 58.8 Å². The van der Waals surface area contributed by atoms with E-state index in [9.17, 15) is 0 Å². The number of rotatable bonds is 8. The van der Waals surface area contributed by atoms with Gasteiger partial charge in [0.05, 0.1) is 12.2 Å². The summed E-state index contributed by atoms with van der Waals surface area (Å²) in [5.41, 5.74) is 20.5. The smallest absolute Gasteiger partial charge is 0.151 e. The second-order valence-electron chi connectivity index (χ2n) is 9.54. The summed E-state index contributed by atoms with van der Waals surface area (Å²) in [6.07, 6.45) is 9.72. The predicted molar refractivity (Wildman–Crippen MR) is 166 cm³/mol. The van der Waals surface area contributed by atoms with Crippen molar-refractivity contribution in [1.29, 1.82) is 0 Å². The van der Waals surface area contributed by atoms with Crippen molar-refractivity contribution in [2.75, 3.05) is 30.8 Å². The number of hydrogen-bond acceptors (Lipinski definition) is 7. The lowest BCUT2D eigenvalue weighted by molar-refractivity contribution is 0.341. The summed E-state index contributed by atoms with van der Waals surface area (Å²) >= 11 is 1.82. The third-order valence-corrected chi connectivity index (χ3v) is 8.31. The van der Waals surface area contributed by atoms with Crippen molar-refractivity contribution in [2.45, 2.75) is 65.8 Å². The molecule has 0 spiro atoms. The summed E-state index contributed by atoms with van der Waals surface area (Å²) in [5, 5.41) is 9.58. The first kappa shape index (κ1) is 28.7. The van der Waals surface area contributed by atoms with Crippen LogP contribution in [0.1, 0.15) is 81.0 Å². The maximum atomic E-state index is 6.58. The number of allylic oxidation sites excluding steroid dienone is 1. The molecule has 3 aromatic heterocycles. The van der Waals surface area contributed by atoms with E-state index in [1.807, 2.05) is 53.2 Å². The fourth-order valence-corrected chi connectivity index (χ4v) is 5.96. The molecule has 4 N–H and O–H groups in total. The number of hydrogen-bond donors (Lipinski definition) is 2. The van der Waals surface area contributed by atoms with Gasteiger partial charge in [0.25, 0.3) is 0 Å². The second kappa shape index (κ2) is 13.2. The van der Waals surface area contributed by atoms with Gasteiger partial charge in [-0.15, -0.1) is 0 Å². The number of piperidine rings is 1. The van der Waals surface area contributed by atoms with Crippen LogP contribution >= 0.6 is 11.9 Å². The largest absolute Gasteiger partial charge is 0.384 e. The Labute approximate surface area is 236 Å². The van der Waals surface area contributed by atoms with Crippen LogP contribution in [0.15, 0.2) is 42.7 Å². The highest BCUT2D eigenvalue weighted by molar-refractivity contribution is 7.96. The van der Waals surface area contributed by atoms with Crippen molar-refractivity contribution >= 4 is 40.7 Å². The number of aromatic nitrogens is 5. The molecule has 0 bridgehead atoms. The van der Waals surface area contributed by atoms with Crippen LogP contribution < -0.4 is 11.5 Å². The van der Waals surface area contributed by atoms with Crippen molar-refractivity contribution in [3.8, 4) is 0 Å². The number of nitrogen functional groups attached to an aromatic ring is 2. The number of benzene rings is 1. The van der Waals surface area contributed by atoms with Crippen molar-refractivity contribution in [2.24, 2.45) is 0 Å². The van der Waals surface area contributed by atoms with Crippen LogP contribution in [0.4, 0.5) is 11.6 Å². The fraction of sp³-hybridized carbons (Fsp3) is 0.433. The third kappa shape index (κ3) is 5.99. The van der Waals surface area contributed by atoms with E-state index in [1.165, 1.54) is 11.3 Å². The maximum absolute atomic E-state index is 6.58. The van der Waals surface area contributed by atoms with Crippen LogP contribution in [-0.4, -0.2) is 48.0 Å². The van der Waals surface area contributed by atoms with E-state index in [1.54, 1.807) is 6.33 Å². The lowest BCUT2D eigenvalue weighted by Gasteiger charge is -2.29. The number of nitrogens with two attached hydrogens (primary N) is 2. The molecule has 4 aromatic rings. The van der Waals surface area contributed by atoms with Gasteiger partial charge in [-0.3, -0.25) is 4.31 Å². The first-order valence-corrected chi connectivity index (χ1v) is 15.2. The Morgan fingerprint density at radius 3 is 2.46 bits per heavy atom. The van der Waals surface area contributed by atoms with Gasteiger partial charge < -0.3 is 11.5 Å². The number of anilines is 2. The lowest BCUT2D eigenvalue weighted by Crippen LogP contribution is -2.27. The molecule has 1 aliphatic heterocycles. The first-order chi connectivity index (χ1) is 19.0. The van der Waals surface area contributed by atoms with E-state index < -0.39 is 0 Å². The van der Waals surface area contributed by atoms with Gasteiger partial charge in [0.15, 0.2) is 5.82 Å². The minimum Gasteiger partial charge on any atom is -0.384 e. The normalized spacial score (nSPS) is 14.9. The van der Waals surface area contributed by atoms with Gasteiger partial charge in [-0.2, -0.15) is 10.2 Å². The van der Waals surface area contributed by atoms with Crippen molar-refractivity contribution in [1.82, 2.24) is 28.7 Å². The molecule has 0 unspecified atom stereocenters. The Kier molecular flexibility index (Phi) is 9.69. The van der Waals surface area contributed by atoms with Crippen molar-refractivity contribution in [3.05, 3.63) is 70.8 Å². The first-order valence-electron chi connectivity index (χ1n) is 14.0. The van der Waals surface area contributed by atoms with Gasteiger partial charge in [0, 0.05) is 35.8 Å². The van der Waals surface area contributed by atoms with Crippen LogP contribution in [0.5, 0.6) is 0 Å². The quantitative estimate of drug-likeness (QED) is 0.256. The molecule has 1 fully saturated rings. The standard InChI is InChI=1S/C28H36N8S.C2H6/c1-4-20(15-24-22(5-2)28(30)35(33-24)17-19-9-7-6-8-10-19)23-16-25(21-11-13-34(37-3)14-12-21)36-26(23)27(29)31-18-32-36;1-2/h6-10,15-16,18,21H,4-5,11-14,17,30H2,1-3H3,(H2,29,31,32);1-2H3/b20-15+;. The van der Waals surface area contributed by atoms with Gasteiger partial charge >= 0.3 is 0 Å². The lowest BCUT2D eigenvalue weighted by atomic mass is 9.93. The summed E-state index contributed by atoms with van der Waals surface area (Å²) in [6, 6.07) is 12.6. The Balaban J connectivity index is 0.00000172. The Morgan fingerprint density at radius 2 is 1.82 bits per heavy atom. The van der Waals surface area contributed by atoms with Gasteiger partial charge in [-0.05, 0) is 55.2 Å². The summed E-state index contributed by atoms with van der Waals surface area (Å²) < 4.78 is 6.35. The second-order valence-corrected chi connectivity index (χ2v) is 10.4. The third-order valence-electron chi connectivity index (χ3n) is 7.43. The summed E-state index contributed by atoms with van der Waals surface area (Å²) in [4.78, 5) is 4.34. The molecule has 1 aromatic carbocycles. The highest BCUT2D eigenvalue weighted by atomic mass is 32.2. The van der Waals surface area contributed by atoms with E-state index in [4.69, 9.17) is 16.6 Å². The minimum atomic E-state index is 0.434. The average Bonchev–Trinajstić information content (AvgIpc) is 3.51. The molecular formula is C30H42N8S. The molecule has 5 rings (SSSR count). The summed E-state index contributed by atoms with van der Waals surface area (Å²) in [5.74, 6) is 1.66. The van der Waals surface area contributed by atoms with Crippen molar-refractivity contribution in [3.63, 3.8) is 0 Å². The molecule has 0 amide bonds. The zero-order valence-corrected chi connectivity index (χ0v) is 24.7. The zero-order valence-electron chi connectivity index (χ0n) is 23.9. The molecule has 0 aliphatic carbocycles. The van der Waals surface area contributed by atoms with Gasteiger partial charge in [-0.1, -0.05) is 70.0 Å². The zero-order chi connectivity index (χ0) is 27.9. The molecule has 1 aliphatic rings. The maximum Gasteiger partial charge on any atom is 0.151 e. The van der Waals surface area contributed by atoms with E-state index in [-0.39, 0.29) is 0 Å². The van der Waals surface area contributed by atoms with Crippen LogP contribution in [0.25, 0.3) is 17.2 Å². The van der Waals surface area contributed by atoms with Crippen LogP contribution in [0, 0.1) is 0 Å². The molecule has 8 nitrogen and oxygen atoms in total. The minimum absolute atomic E-state index is 0.434. The van der Waals surface area contributed by atoms with Gasteiger partial charge in [-0.25, -0.2) is 14.2 Å². The van der Waals surface area contributed by atoms with Crippen LogP contribution in [-0.2, 0) is 13.0 Å². The molecule has 0 saturated carbocycles. The topological polar surface area (TPSA) is 103 Å². The molecule has 1 saturated heterocycles. The molecule has 0 atom stereocenters. The fourth-order valence-electron chi connectivity index (χ4n) is 5.38.